The second-order valence-electron chi connectivity index (χ2n) is 6.61. The molecule has 3 aromatic rings. The van der Waals surface area contributed by atoms with Gasteiger partial charge >= 0.3 is 0 Å². The minimum absolute atomic E-state index is 0.0121. The maximum atomic E-state index is 11.9. The molecule has 1 unspecified atom stereocenters. The quantitative estimate of drug-likeness (QED) is 0.410. The van der Waals surface area contributed by atoms with E-state index in [1.165, 1.54) is 33.6 Å². The molecule has 1 heterocycles. The van der Waals surface area contributed by atoms with Crippen LogP contribution in [0.2, 0.25) is 0 Å². The Morgan fingerprint density at radius 1 is 0.900 bits per heavy atom. The summed E-state index contributed by atoms with van der Waals surface area (Å²) in [5.74, 6) is 0.619. The van der Waals surface area contributed by atoms with E-state index in [1.54, 1.807) is 0 Å². The van der Waals surface area contributed by atoms with Crippen molar-refractivity contribution in [2.24, 2.45) is 0 Å². The van der Waals surface area contributed by atoms with Gasteiger partial charge in [0.2, 0.25) is 0 Å². The predicted molar refractivity (Wildman–Crippen MR) is 134 cm³/mol. The molecule has 0 saturated carbocycles. The van der Waals surface area contributed by atoms with Crippen molar-refractivity contribution in [3.63, 3.8) is 0 Å². The van der Waals surface area contributed by atoms with E-state index in [-0.39, 0.29) is 5.91 Å². The number of amides is 1. The van der Waals surface area contributed by atoms with Crippen LogP contribution in [0, 0.1) is 0 Å². The summed E-state index contributed by atoms with van der Waals surface area (Å²) in [6, 6.07) is 21.2. The Hall–Kier alpha value is -2.39. The third-order valence-corrected chi connectivity index (χ3v) is 5.69. The Bertz CT molecular complexity index is 820. The van der Waals surface area contributed by atoms with Crippen molar-refractivity contribution < 1.29 is 4.79 Å². The van der Waals surface area contributed by atoms with Gasteiger partial charge in [-0.25, -0.2) is 0 Å². The zero-order valence-electron chi connectivity index (χ0n) is 19.4. The molecule has 1 N–H and O–H groups in total. The maximum absolute atomic E-state index is 11.9. The van der Waals surface area contributed by atoms with Crippen molar-refractivity contribution in [1.29, 1.82) is 0 Å². The molecule has 0 aliphatic rings. The highest BCUT2D eigenvalue weighted by Gasteiger charge is 2.06. The number of thiophene rings is 1. The van der Waals surface area contributed by atoms with Gasteiger partial charge in [0, 0.05) is 6.54 Å². The van der Waals surface area contributed by atoms with Crippen molar-refractivity contribution in [3.8, 4) is 11.1 Å². The van der Waals surface area contributed by atoms with Crippen LogP contribution in [0.15, 0.2) is 66.0 Å². The molecule has 0 aliphatic carbocycles. The normalized spacial score (nSPS) is 10.7. The van der Waals surface area contributed by atoms with Crippen molar-refractivity contribution in [2.75, 3.05) is 6.54 Å². The highest BCUT2D eigenvalue weighted by atomic mass is 32.1. The molecule has 3 rings (SSSR count). The second-order valence-corrected chi connectivity index (χ2v) is 7.56. The summed E-state index contributed by atoms with van der Waals surface area (Å²) in [7, 11) is 0. The van der Waals surface area contributed by atoms with Gasteiger partial charge in [-0.3, -0.25) is 4.79 Å². The molecule has 3 heteroatoms. The van der Waals surface area contributed by atoms with E-state index in [4.69, 9.17) is 0 Å². The molecule has 1 atom stereocenters. The van der Waals surface area contributed by atoms with Crippen LogP contribution in [0.1, 0.15) is 74.7 Å². The zero-order valence-corrected chi connectivity index (χ0v) is 20.2. The van der Waals surface area contributed by atoms with Gasteiger partial charge in [-0.05, 0) is 52.5 Å². The smallest absolute Gasteiger partial charge is 0.261 e. The van der Waals surface area contributed by atoms with E-state index in [0.29, 0.717) is 12.5 Å². The molecule has 0 bridgehead atoms. The highest BCUT2D eigenvalue weighted by molar-refractivity contribution is 7.12. The molecule has 0 spiro atoms. The molecule has 2 aromatic carbocycles. The van der Waals surface area contributed by atoms with Gasteiger partial charge in [-0.1, -0.05) is 96.1 Å². The number of carbonyl (C=O) groups excluding carboxylic acids is 1. The first-order valence-electron chi connectivity index (χ1n) is 11.2. The Labute approximate surface area is 187 Å². The minimum atomic E-state index is 0.0121. The monoisotopic (exact) mass is 423 g/mol. The summed E-state index contributed by atoms with van der Waals surface area (Å²) in [6.07, 6.45) is 2.00. The van der Waals surface area contributed by atoms with Crippen molar-refractivity contribution in [3.05, 3.63) is 82.0 Å². The second kappa shape index (κ2) is 14.6. The van der Waals surface area contributed by atoms with Crippen molar-refractivity contribution in [1.82, 2.24) is 5.32 Å². The SMILES string of the molecule is CC.CC.CCC(C)c1ccc(-c2ccc(CCNC(=O)c3cccs3)cc2)cc1. The van der Waals surface area contributed by atoms with E-state index in [1.807, 2.05) is 45.2 Å². The van der Waals surface area contributed by atoms with Crippen LogP contribution in [0.3, 0.4) is 0 Å². The van der Waals surface area contributed by atoms with Gasteiger partial charge < -0.3 is 5.32 Å². The summed E-state index contributed by atoms with van der Waals surface area (Å²) in [6.45, 7) is 13.1. The van der Waals surface area contributed by atoms with Crippen LogP contribution in [0.5, 0.6) is 0 Å². The topological polar surface area (TPSA) is 29.1 Å². The third-order valence-electron chi connectivity index (χ3n) is 4.82. The van der Waals surface area contributed by atoms with E-state index in [0.717, 1.165) is 17.7 Å². The lowest BCUT2D eigenvalue weighted by molar-refractivity contribution is 0.0958. The third kappa shape index (κ3) is 7.79. The fourth-order valence-corrected chi connectivity index (χ4v) is 3.56. The van der Waals surface area contributed by atoms with Crippen LogP contribution in [-0.2, 0) is 6.42 Å². The summed E-state index contributed by atoms with van der Waals surface area (Å²) in [5, 5.41) is 4.89. The van der Waals surface area contributed by atoms with Crippen LogP contribution in [-0.4, -0.2) is 12.5 Å². The van der Waals surface area contributed by atoms with Crippen LogP contribution in [0.4, 0.5) is 0 Å². The predicted octanol–water partition coefficient (Wildman–Crippen LogP) is 7.95. The van der Waals surface area contributed by atoms with Gasteiger partial charge in [-0.15, -0.1) is 11.3 Å². The Balaban J connectivity index is 0.00000106. The molecule has 30 heavy (non-hydrogen) atoms. The first-order chi connectivity index (χ1) is 14.7. The number of benzene rings is 2. The Morgan fingerprint density at radius 3 is 1.97 bits per heavy atom. The summed E-state index contributed by atoms with van der Waals surface area (Å²) >= 11 is 1.47. The molecule has 1 aromatic heterocycles. The standard InChI is InChI=1S/C23H25NOS.2C2H6/c1-3-17(2)19-10-12-21(13-11-19)20-8-6-18(7-9-20)14-15-24-23(25)22-5-4-16-26-22;2*1-2/h4-13,16-17H,3,14-15H2,1-2H3,(H,24,25);2*1-2H3. The maximum Gasteiger partial charge on any atom is 0.261 e. The van der Waals surface area contributed by atoms with E-state index in [2.05, 4.69) is 67.7 Å². The van der Waals surface area contributed by atoms with Gasteiger partial charge in [0.25, 0.3) is 5.91 Å². The number of nitrogens with one attached hydrogen (secondary N) is 1. The fourth-order valence-electron chi connectivity index (χ4n) is 2.92. The summed E-state index contributed by atoms with van der Waals surface area (Å²) < 4.78 is 0. The highest BCUT2D eigenvalue weighted by Crippen LogP contribution is 2.24. The van der Waals surface area contributed by atoms with E-state index >= 15 is 0 Å². The van der Waals surface area contributed by atoms with Crippen LogP contribution < -0.4 is 5.32 Å². The average Bonchev–Trinajstić information content (AvgIpc) is 3.37. The molecular weight excluding hydrogens is 386 g/mol. The largest absolute Gasteiger partial charge is 0.351 e. The lowest BCUT2D eigenvalue weighted by Gasteiger charge is -2.10. The number of rotatable bonds is 7. The summed E-state index contributed by atoms with van der Waals surface area (Å²) in [4.78, 5) is 12.7. The zero-order chi connectivity index (χ0) is 22.4. The summed E-state index contributed by atoms with van der Waals surface area (Å²) in [5.41, 5.74) is 5.10. The first kappa shape index (κ1) is 25.6. The molecule has 2 nitrogen and oxygen atoms in total. The van der Waals surface area contributed by atoms with Gasteiger partial charge in [0.1, 0.15) is 0 Å². The molecule has 162 valence electrons. The van der Waals surface area contributed by atoms with Gasteiger partial charge in [0.05, 0.1) is 4.88 Å². The lowest BCUT2D eigenvalue weighted by atomic mass is 9.95. The lowest BCUT2D eigenvalue weighted by Crippen LogP contribution is -2.24. The first-order valence-corrected chi connectivity index (χ1v) is 12.1. The Kier molecular flexibility index (Phi) is 12.5. The molecule has 0 saturated heterocycles. The number of carbonyl (C=O) groups is 1. The Morgan fingerprint density at radius 2 is 1.47 bits per heavy atom. The van der Waals surface area contributed by atoms with E-state index in [9.17, 15) is 4.79 Å². The van der Waals surface area contributed by atoms with Crippen molar-refractivity contribution >= 4 is 17.2 Å². The van der Waals surface area contributed by atoms with Crippen LogP contribution in [0.25, 0.3) is 11.1 Å². The molecule has 0 fully saturated rings. The van der Waals surface area contributed by atoms with E-state index < -0.39 is 0 Å². The average molecular weight is 424 g/mol. The fraction of sp³-hybridized carbons (Fsp3) is 0.370. The van der Waals surface area contributed by atoms with Gasteiger partial charge in [0.15, 0.2) is 0 Å². The molecule has 0 radical (unpaired) electrons. The number of hydrogen-bond donors (Lipinski definition) is 1. The molecule has 0 aliphatic heterocycles. The number of hydrogen-bond acceptors (Lipinski definition) is 2. The molecule has 1 amide bonds. The van der Waals surface area contributed by atoms with Crippen LogP contribution >= 0.6 is 11.3 Å². The molecular formula is C27H37NOS. The van der Waals surface area contributed by atoms with Gasteiger partial charge in [-0.2, -0.15) is 0 Å². The van der Waals surface area contributed by atoms with Crippen molar-refractivity contribution in [2.45, 2.75) is 60.3 Å². The minimum Gasteiger partial charge on any atom is -0.351 e.